The SMILES string of the molecule is CCc1c(F)ccc2cccc(-c3ncc4c(N5CC6CCC(C5)N6)nc(OC[C@]56CCCN5[C@H](COC(=O)N5CCC7(CC5)CC(N5CCC(c8cc9c(cc8F)n(C8CCC(=O)NC8=O)c(=O)n9C)CC5)C7)CC6)nc4c3F)c12. The molecule has 1 aliphatic carbocycles. The number of nitrogens with zero attached hydrogens (tertiary/aromatic N) is 9. The van der Waals surface area contributed by atoms with E-state index in [1.165, 1.54) is 21.3 Å². The lowest BCUT2D eigenvalue weighted by Gasteiger charge is -2.56. The van der Waals surface area contributed by atoms with Crippen LogP contribution < -0.4 is 26.0 Å². The molecule has 1 spiro atoms. The first-order valence-corrected chi connectivity index (χ1v) is 29.6. The van der Waals surface area contributed by atoms with Gasteiger partial charge < -0.3 is 29.5 Å². The number of piperidine rings is 3. The van der Waals surface area contributed by atoms with Crippen LogP contribution >= 0.6 is 0 Å². The maximum Gasteiger partial charge on any atom is 0.409 e. The minimum Gasteiger partial charge on any atom is -0.461 e. The highest BCUT2D eigenvalue weighted by atomic mass is 19.1. The van der Waals surface area contributed by atoms with Crippen LogP contribution in [0, 0.1) is 22.9 Å². The molecule has 3 aromatic carbocycles. The molecule has 8 aliphatic rings. The first kappa shape index (κ1) is 52.4. The van der Waals surface area contributed by atoms with Crippen molar-refractivity contribution >= 4 is 56.4 Å². The van der Waals surface area contributed by atoms with Crippen molar-refractivity contribution in [2.24, 2.45) is 12.5 Å². The van der Waals surface area contributed by atoms with Gasteiger partial charge in [0.15, 0.2) is 5.82 Å². The molecule has 0 radical (unpaired) electrons. The predicted molar refractivity (Wildman–Crippen MR) is 299 cm³/mol. The number of imidazole rings is 1. The number of benzene rings is 3. The molecule has 8 fully saturated rings. The Morgan fingerprint density at radius 1 is 0.852 bits per heavy atom. The van der Waals surface area contributed by atoms with E-state index in [9.17, 15) is 19.2 Å². The summed E-state index contributed by atoms with van der Waals surface area (Å²) in [5.41, 5.74) is 2.29. The average Bonchev–Trinajstić information content (AvgIpc) is 4.30. The monoisotopic (exact) mass is 1110 g/mol. The lowest BCUT2D eigenvalue weighted by atomic mass is 9.59. The standard InChI is InChI=1S/C61H70F3N11O6/c1-3-41-45(62)11-8-36-6-4-7-42(51(36)41)53-52(64)54-44(30-65-53)55(73-31-37-9-10-38(32-73)66-37)69-57(68-54)81-34-61-17-5-21-74(61)39(14-18-61)33-80-59(79)72-24-19-60(20-25-72)28-40(29-60)71-22-15-35(16-23-71)43-26-48-49(27-46(43)63)75(58(78)70(48)2)47-12-13-50(76)67-56(47)77/h4,6-8,11,26-27,30,35,37-40,47,66H,3,5,9-10,12-25,28-29,31-34H2,1-2H3,(H,67,76,77)/t37?,38?,39-,47?,61+/m0/s1. The molecule has 81 heavy (non-hydrogen) atoms. The number of rotatable bonds is 11. The number of fused-ring (bicyclic) bond motifs is 6. The number of anilines is 1. The van der Waals surface area contributed by atoms with Crippen LogP contribution in [0.2, 0.25) is 0 Å². The number of carbonyl (C=O) groups excluding carboxylic acids is 3. The zero-order valence-corrected chi connectivity index (χ0v) is 46.2. The first-order chi connectivity index (χ1) is 39.3. The molecular formula is C61H70F3N11O6. The second kappa shape index (κ2) is 20.4. The first-order valence-electron chi connectivity index (χ1n) is 29.6. The van der Waals surface area contributed by atoms with Crippen molar-refractivity contribution in [3.63, 3.8) is 0 Å². The van der Waals surface area contributed by atoms with Gasteiger partial charge in [-0.1, -0.05) is 31.2 Å². The van der Waals surface area contributed by atoms with Crippen LogP contribution in [0.1, 0.15) is 120 Å². The van der Waals surface area contributed by atoms with Gasteiger partial charge in [-0.25, -0.2) is 22.8 Å². The molecule has 17 nitrogen and oxygen atoms in total. The number of hydrogen-bond acceptors (Lipinski definition) is 13. The Bertz CT molecular complexity index is 3570. The molecule has 3 amide bonds. The van der Waals surface area contributed by atoms with Crippen LogP contribution in [0.15, 0.2) is 53.5 Å². The van der Waals surface area contributed by atoms with Gasteiger partial charge in [-0.2, -0.15) is 9.97 Å². The van der Waals surface area contributed by atoms with Crippen molar-refractivity contribution in [3.05, 3.63) is 87.7 Å². The topological polar surface area (TPSA) is 172 Å². The summed E-state index contributed by atoms with van der Waals surface area (Å²) in [4.78, 5) is 75.2. The zero-order valence-electron chi connectivity index (χ0n) is 46.2. The summed E-state index contributed by atoms with van der Waals surface area (Å²) in [6.45, 7) is 7.85. The summed E-state index contributed by atoms with van der Waals surface area (Å²) in [5, 5.41) is 7.97. The van der Waals surface area contributed by atoms with E-state index in [0.717, 1.165) is 115 Å². The minimum absolute atomic E-state index is 0.00575. The normalized spacial score (nSPS) is 26.3. The van der Waals surface area contributed by atoms with Gasteiger partial charge in [0.2, 0.25) is 11.8 Å². The van der Waals surface area contributed by atoms with Gasteiger partial charge in [0.25, 0.3) is 0 Å². The number of carbonyl (C=O) groups is 3. The van der Waals surface area contributed by atoms with Crippen molar-refractivity contribution in [2.45, 2.75) is 145 Å². The van der Waals surface area contributed by atoms with Gasteiger partial charge >= 0.3 is 17.8 Å². The fourth-order valence-electron chi connectivity index (χ4n) is 16.0. The third-order valence-electron chi connectivity index (χ3n) is 20.4. The number of pyridine rings is 1. The van der Waals surface area contributed by atoms with Crippen LogP contribution in [-0.2, 0) is 27.8 Å². The van der Waals surface area contributed by atoms with E-state index in [-0.39, 0.29) is 76.6 Å². The largest absolute Gasteiger partial charge is 0.461 e. The average molecular weight is 1110 g/mol. The highest BCUT2D eigenvalue weighted by Gasteiger charge is 2.52. The number of aryl methyl sites for hydroxylation is 2. The van der Waals surface area contributed by atoms with Gasteiger partial charge in [0.05, 0.1) is 22.0 Å². The van der Waals surface area contributed by atoms with Crippen molar-refractivity contribution in [3.8, 4) is 17.3 Å². The van der Waals surface area contributed by atoms with Crippen molar-refractivity contribution in [2.75, 3.05) is 63.9 Å². The van der Waals surface area contributed by atoms with Crippen molar-refractivity contribution < 1.29 is 37.0 Å². The summed E-state index contributed by atoms with van der Waals surface area (Å²) in [7, 11) is 1.64. The Hall–Kier alpha value is -6.64. The molecule has 1 saturated carbocycles. The number of imide groups is 1. The lowest BCUT2D eigenvalue weighted by Crippen LogP contribution is -2.56. The third kappa shape index (κ3) is 9.03. The van der Waals surface area contributed by atoms with E-state index in [4.69, 9.17) is 24.4 Å². The molecule has 2 N–H and O–H groups in total. The predicted octanol–water partition coefficient (Wildman–Crippen LogP) is 8.03. The summed E-state index contributed by atoms with van der Waals surface area (Å²) in [5.74, 6) is -1.61. The molecule has 2 bridgehead atoms. The molecular weight excluding hydrogens is 1040 g/mol. The summed E-state index contributed by atoms with van der Waals surface area (Å²) in [6.07, 6.45) is 13.5. The van der Waals surface area contributed by atoms with E-state index in [0.29, 0.717) is 95.2 Å². The third-order valence-corrected chi connectivity index (χ3v) is 20.4. The van der Waals surface area contributed by atoms with Crippen LogP contribution in [0.3, 0.4) is 0 Å². The van der Waals surface area contributed by atoms with Crippen LogP contribution in [0.25, 0.3) is 44.0 Å². The second-order valence-corrected chi connectivity index (χ2v) is 24.8. The van der Waals surface area contributed by atoms with Gasteiger partial charge in [-0.3, -0.25) is 33.9 Å². The molecule has 3 unspecified atom stereocenters. The number of ether oxygens (including phenoxy) is 2. The van der Waals surface area contributed by atoms with Gasteiger partial charge in [0, 0.05) is 81.6 Å². The Morgan fingerprint density at radius 3 is 2.41 bits per heavy atom. The molecule has 3 aromatic heterocycles. The molecule has 426 valence electrons. The minimum atomic E-state index is -0.866. The maximum atomic E-state index is 17.3. The highest BCUT2D eigenvalue weighted by Crippen LogP contribution is 2.52. The second-order valence-electron chi connectivity index (χ2n) is 24.8. The Labute approximate surface area is 467 Å². The molecule has 7 saturated heterocycles. The number of aromatic nitrogens is 5. The lowest BCUT2D eigenvalue weighted by molar-refractivity contribution is -0.135. The van der Waals surface area contributed by atoms with E-state index in [2.05, 4.69) is 25.3 Å². The van der Waals surface area contributed by atoms with E-state index in [1.807, 2.05) is 24.0 Å². The number of halogens is 3. The Morgan fingerprint density at radius 2 is 1.64 bits per heavy atom. The summed E-state index contributed by atoms with van der Waals surface area (Å²) >= 11 is 0. The quantitative estimate of drug-likeness (QED) is 0.120. The van der Waals surface area contributed by atoms with E-state index >= 15 is 13.2 Å². The molecule has 10 heterocycles. The number of piperazine rings is 1. The highest BCUT2D eigenvalue weighted by molar-refractivity contribution is 6.01. The molecule has 7 aliphatic heterocycles. The van der Waals surface area contributed by atoms with Crippen LogP contribution in [-0.4, -0.2) is 145 Å². The van der Waals surface area contributed by atoms with Gasteiger partial charge in [0.1, 0.15) is 47.9 Å². The number of hydrogen-bond donors (Lipinski definition) is 2. The van der Waals surface area contributed by atoms with Crippen molar-refractivity contribution in [1.82, 2.24) is 49.4 Å². The maximum absolute atomic E-state index is 17.3. The zero-order chi connectivity index (χ0) is 55.5. The number of likely N-dealkylation sites (tertiary alicyclic amines) is 2. The van der Waals surface area contributed by atoms with E-state index < -0.39 is 23.5 Å². The van der Waals surface area contributed by atoms with Gasteiger partial charge in [-0.15, -0.1) is 0 Å². The Kier molecular flexibility index (Phi) is 13.2. The fourth-order valence-corrected chi connectivity index (χ4v) is 16.0. The number of amides is 3. The van der Waals surface area contributed by atoms with Crippen molar-refractivity contribution in [1.29, 1.82) is 0 Å². The fraction of sp³-hybridized carbons (Fsp3) is 0.557. The Balaban J connectivity index is 0.592. The molecule has 6 aromatic rings. The van der Waals surface area contributed by atoms with Gasteiger partial charge in [-0.05, 0) is 155 Å². The van der Waals surface area contributed by atoms with E-state index in [1.54, 1.807) is 31.4 Å². The molecule has 5 atom stereocenters. The van der Waals surface area contributed by atoms with Crippen LogP contribution in [0.4, 0.5) is 23.8 Å². The number of nitrogens with one attached hydrogen (secondary N) is 2. The molecule has 14 rings (SSSR count). The molecule has 20 heteroatoms. The van der Waals surface area contributed by atoms with Crippen LogP contribution in [0.5, 0.6) is 6.01 Å². The summed E-state index contributed by atoms with van der Waals surface area (Å²) in [6, 6.07) is 12.3. The summed E-state index contributed by atoms with van der Waals surface area (Å²) < 4.78 is 64.0. The smallest absolute Gasteiger partial charge is 0.409 e.